The molecule has 4 atom stereocenters. The SMILES string of the molecule is CCC(C)[C@H](NC(=O)OCC1c2ccccc2-c2ccccc21)C(=O)N1CC(OC)C(C(=O)O)C1. The summed E-state index contributed by atoms with van der Waals surface area (Å²) in [7, 11) is 1.44. The van der Waals surface area contributed by atoms with Gasteiger partial charge in [0.25, 0.3) is 0 Å². The third-order valence-corrected chi connectivity index (χ3v) is 7.29. The normalized spacial score (nSPS) is 20.6. The number of fused-ring (bicyclic) bond motifs is 3. The molecule has 2 aromatic rings. The van der Waals surface area contributed by atoms with Gasteiger partial charge < -0.3 is 24.8 Å². The molecular formula is C27H32N2O6. The maximum atomic E-state index is 13.3. The summed E-state index contributed by atoms with van der Waals surface area (Å²) >= 11 is 0. The van der Waals surface area contributed by atoms with Crippen molar-refractivity contribution in [2.24, 2.45) is 11.8 Å². The molecule has 35 heavy (non-hydrogen) atoms. The lowest BCUT2D eigenvalue weighted by Crippen LogP contribution is -2.51. The molecule has 2 amide bonds. The van der Waals surface area contributed by atoms with Crippen LogP contribution in [0.4, 0.5) is 4.79 Å². The van der Waals surface area contributed by atoms with Gasteiger partial charge in [0, 0.05) is 26.1 Å². The van der Waals surface area contributed by atoms with Crippen LogP contribution in [0.5, 0.6) is 0 Å². The molecule has 1 fully saturated rings. The molecule has 0 spiro atoms. The number of carbonyl (C=O) groups excluding carboxylic acids is 2. The van der Waals surface area contributed by atoms with E-state index >= 15 is 0 Å². The molecule has 3 unspecified atom stereocenters. The zero-order valence-electron chi connectivity index (χ0n) is 20.3. The highest BCUT2D eigenvalue weighted by Crippen LogP contribution is 2.44. The van der Waals surface area contributed by atoms with Crippen molar-refractivity contribution >= 4 is 18.0 Å². The lowest BCUT2D eigenvalue weighted by atomic mass is 9.97. The summed E-state index contributed by atoms with van der Waals surface area (Å²) in [6.07, 6.45) is -0.587. The van der Waals surface area contributed by atoms with Gasteiger partial charge in [-0.3, -0.25) is 9.59 Å². The number of nitrogens with one attached hydrogen (secondary N) is 1. The third-order valence-electron chi connectivity index (χ3n) is 7.29. The van der Waals surface area contributed by atoms with Crippen molar-refractivity contribution in [1.29, 1.82) is 0 Å². The van der Waals surface area contributed by atoms with Gasteiger partial charge in [0.15, 0.2) is 0 Å². The second kappa shape index (κ2) is 10.5. The Labute approximate surface area is 205 Å². The van der Waals surface area contributed by atoms with Gasteiger partial charge in [-0.25, -0.2) is 4.79 Å². The Morgan fingerprint density at radius 2 is 1.66 bits per heavy atom. The van der Waals surface area contributed by atoms with Crippen molar-refractivity contribution in [2.45, 2.75) is 38.3 Å². The van der Waals surface area contributed by atoms with Crippen LogP contribution in [0.25, 0.3) is 11.1 Å². The summed E-state index contributed by atoms with van der Waals surface area (Å²) in [4.78, 5) is 39.2. The van der Waals surface area contributed by atoms with E-state index in [1.54, 1.807) is 0 Å². The van der Waals surface area contributed by atoms with Crippen LogP contribution in [0.2, 0.25) is 0 Å². The summed E-state index contributed by atoms with van der Waals surface area (Å²) in [6, 6.07) is 15.4. The third kappa shape index (κ3) is 4.89. The molecular weight excluding hydrogens is 448 g/mol. The average molecular weight is 481 g/mol. The monoisotopic (exact) mass is 480 g/mol. The Kier molecular flexibility index (Phi) is 7.40. The summed E-state index contributed by atoms with van der Waals surface area (Å²) < 4.78 is 10.9. The number of benzene rings is 2. The summed E-state index contributed by atoms with van der Waals surface area (Å²) in [5.74, 6) is -2.36. The molecule has 0 saturated carbocycles. The van der Waals surface area contributed by atoms with Crippen LogP contribution in [0.1, 0.15) is 37.3 Å². The molecule has 0 aromatic heterocycles. The largest absolute Gasteiger partial charge is 0.481 e. The fraction of sp³-hybridized carbons (Fsp3) is 0.444. The number of aliphatic carboxylic acids is 1. The Balaban J connectivity index is 1.44. The highest BCUT2D eigenvalue weighted by Gasteiger charge is 2.42. The van der Waals surface area contributed by atoms with Crippen LogP contribution in [0, 0.1) is 11.8 Å². The first kappa shape index (κ1) is 24.7. The Bertz CT molecular complexity index is 1060. The van der Waals surface area contributed by atoms with Crippen LogP contribution in [-0.2, 0) is 19.1 Å². The standard InChI is InChI=1S/C27H32N2O6/c1-4-16(2)24(25(30)29-13-21(26(31)32)23(14-29)34-3)28-27(33)35-15-22-19-11-7-5-9-17(19)18-10-6-8-12-20(18)22/h5-12,16,21-24H,4,13-15H2,1-3H3,(H,28,33)(H,31,32)/t16?,21?,23?,24-/m0/s1. The van der Waals surface area contributed by atoms with Crippen LogP contribution < -0.4 is 5.32 Å². The lowest BCUT2D eigenvalue weighted by Gasteiger charge is -2.28. The maximum absolute atomic E-state index is 13.3. The first-order chi connectivity index (χ1) is 16.8. The van der Waals surface area contributed by atoms with Crippen LogP contribution in [-0.4, -0.2) is 66.9 Å². The number of carbonyl (C=O) groups is 3. The predicted molar refractivity (Wildman–Crippen MR) is 130 cm³/mol. The van der Waals surface area contributed by atoms with Crippen molar-refractivity contribution in [3.05, 3.63) is 59.7 Å². The molecule has 8 nitrogen and oxygen atoms in total. The predicted octanol–water partition coefficient (Wildman–Crippen LogP) is 3.50. The van der Waals surface area contributed by atoms with E-state index in [-0.39, 0.29) is 37.4 Å². The zero-order valence-corrected chi connectivity index (χ0v) is 20.3. The van der Waals surface area contributed by atoms with Crippen molar-refractivity contribution in [3.8, 4) is 11.1 Å². The smallest absolute Gasteiger partial charge is 0.407 e. The molecule has 4 rings (SSSR count). The number of amides is 2. The topological polar surface area (TPSA) is 105 Å². The molecule has 186 valence electrons. The summed E-state index contributed by atoms with van der Waals surface area (Å²) in [5, 5.41) is 12.2. The Hall–Kier alpha value is -3.39. The molecule has 2 aromatic carbocycles. The minimum atomic E-state index is -1.00. The van der Waals surface area contributed by atoms with E-state index in [4.69, 9.17) is 9.47 Å². The molecule has 1 aliphatic carbocycles. The molecule has 0 bridgehead atoms. The minimum absolute atomic E-state index is 0.0476. The summed E-state index contributed by atoms with van der Waals surface area (Å²) in [5.41, 5.74) is 4.50. The lowest BCUT2D eigenvalue weighted by molar-refractivity contribution is -0.144. The molecule has 2 aliphatic rings. The number of hydrogen-bond acceptors (Lipinski definition) is 5. The highest BCUT2D eigenvalue weighted by atomic mass is 16.5. The van der Waals surface area contributed by atoms with Gasteiger partial charge in [-0.15, -0.1) is 0 Å². The van der Waals surface area contributed by atoms with Crippen molar-refractivity contribution in [2.75, 3.05) is 26.8 Å². The second-order valence-electron chi connectivity index (χ2n) is 9.30. The minimum Gasteiger partial charge on any atom is -0.481 e. The number of carboxylic acids is 1. The first-order valence-corrected chi connectivity index (χ1v) is 12.0. The van der Waals surface area contributed by atoms with Gasteiger partial charge in [0.05, 0.1) is 6.10 Å². The molecule has 1 saturated heterocycles. The average Bonchev–Trinajstić information content (AvgIpc) is 3.45. The van der Waals surface area contributed by atoms with E-state index < -0.39 is 30.1 Å². The van der Waals surface area contributed by atoms with Crippen molar-refractivity contribution in [1.82, 2.24) is 10.2 Å². The molecule has 0 radical (unpaired) electrons. The quantitative estimate of drug-likeness (QED) is 0.599. The molecule has 1 aliphatic heterocycles. The van der Waals surface area contributed by atoms with E-state index in [0.29, 0.717) is 6.42 Å². The van der Waals surface area contributed by atoms with Gasteiger partial charge in [0.1, 0.15) is 18.6 Å². The van der Waals surface area contributed by atoms with Gasteiger partial charge in [-0.05, 0) is 28.2 Å². The fourth-order valence-corrected chi connectivity index (χ4v) is 5.08. The van der Waals surface area contributed by atoms with Gasteiger partial charge in [-0.1, -0.05) is 68.8 Å². The molecule has 8 heteroatoms. The number of nitrogens with zero attached hydrogens (tertiary/aromatic N) is 1. The molecule has 2 N–H and O–H groups in total. The Morgan fingerprint density at radius 3 is 2.17 bits per heavy atom. The van der Waals surface area contributed by atoms with Crippen LogP contribution in [0.15, 0.2) is 48.5 Å². The number of rotatable bonds is 8. The number of alkyl carbamates (subject to hydrolysis) is 1. The highest BCUT2D eigenvalue weighted by molar-refractivity contribution is 5.87. The number of carboxylic acid groups (broad SMARTS) is 1. The van der Waals surface area contributed by atoms with Gasteiger partial charge in [0.2, 0.25) is 5.91 Å². The van der Waals surface area contributed by atoms with Gasteiger partial charge in [-0.2, -0.15) is 0 Å². The number of ether oxygens (including phenoxy) is 2. The zero-order chi connectivity index (χ0) is 25.1. The maximum Gasteiger partial charge on any atom is 0.407 e. The molecule has 1 heterocycles. The van der Waals surface area contributed by atoms with Gasteiger partial charge >= 0.3 is 12.1 Å². The van der Waals surface area contributed by atoms with Crippen molar-refractivity contribution in [3.63, 3.8) is 0 Å². The van der Waals surface area contributed by atoms with E-state index in [1.165, 1.54) is 12.0 Å². The van der Waals surface area contributed by atoms with E-state index in [1.807, 2.05) is 50.2 Å². The van der Waals surface area contributed by atoms with E-state index in [9.17, 15) is 19.5 Å². The number of likely N-dealkylation sites (tertiary alicyclic amines) is 1. The Morgan fingerprint density at radius 1 is 1.06 bits per heavy atom. The second-order valence-corrected chi connectivity index (χ2v) is 9.30. The van der Waals surface area contributed by atoms with E-state index in [2.05, 4.69) is 17.4 Å². The fourth-order valence-electron chi connectivity index (χ4n) is 5.08. The van der Waals surface area contributed by atoms with Crippen LogP contribution in [0.3, 0.4) is 0 Å². The van der Waals surface area contributed by atoms with Crippen molar-refractivity contribution < 1.29 is 29.0 Å². The number of methoxy groups -OCH3 is 1. The van der Waals surface area contributed by atoms with Crippen LogP contribution >= 0.6 is 0 Å². The summed E-state index contributed by atoms with van der Waals surface area (Å²) in [6.45, 7) is 4.19. The first-order valence-electron chi connectivity index (χ1n) is 12.0. The van der Waals surface area contributed by atoms with E-state index in [0.717, 1.165) is 22.3 Å². The number of hydrogen-bond donors (Lipinski definition) is 2.